The Hall–Kier alpha value is -3.21. The van der Waals surface area contributed by atoms with Crippen molar-refractivity contribution in [1.29, 1.82) is 0 Å². The largest absolute Gasteiger partial charge is 0.412 e. The van der Waals surface area contributed by atoms with Crippen LogP contribution in [0.5, 0.6) is 0 Å². The minimum atomic E-state index is -3.29. The van der Waals surface area contributed by atoms with Crippen LogP contribution >= 0.6 is 0 Å². The number of anilines is 1. The van der Waals surface area contributed by atoms with Gasteiger partial charge < -0.3 is 20.7 Å². The summed E-state index contributed by atoms with van der Waals surface area (Å²) >= 11 is 0. The summed E-state index contributed by atoms with van der Waals surface area (Å²) in [5.41, 5.74) is 10.2. The Kier molecular flexibility index (Phi) is 6.20. The first-order chi connectivity index (χ1) is 13.9. The van der Waals surface area contributed by atoms with Gasteiger partial charge in [0, 0.05) is 34.8 Å². The van der Waals surface area contributed by atoms with Gasteiger partial charge in [0.2, 0.25) is 10.0 Å². The molecule has 10 heteroatoms. The van der Waals surface area contributed by atoms with Gasteiger partial charge in [-0.3, -0.25) is 4.72 Å². The third-order valence-electron chi connectivity index (χ3n) is 4.52. The molecule has 0 amide bonds. The molecule has 0 fully saturated rings. The Morgan fingerprint density at radius 1 is 1.17 bits per heavy atom. The van der Waals surface area contributed by atoms with Crippen LogP contribution in [0.1, 0.15) is 17.0 Å². The van der Waals surface area contributed by atoms with Crippen LogP contribution in [0.15, 0.2) is 53.2 Å². The standard InChI is InChI=1S/C20H21N5O3S.H2O/c1-29(26,27)25-16-5-2-13(3-6-16)10-19-23-20(28-24-19)14-4-7-18-17(11-14)15(8-9-21)12-22-18;/h2-7,11-12,22,25H,8-10,21H2,1H3;1H2. The number of fused-ring (bicyclic) bond motifs is 1. The highest BCUT2D eigenvalue weighted by molar-refractivity contribution is 7.92. The highest BCUT2D eigenvalue weighted by Crippen LogP contribution is 2.26. The second-order valence-corrected chi connectivity index (χ2v) is 8.63. The lowest BCUT2D eigenvalue weighted by Crippen LogP contribution is -2.09. The normalized spacial score (nSPS) is 11.4. The Morgan fingerprint density at radius 3 is 2.63 bits per heavy atom. The molecule has 2 heterocycles. The first-order valence-electron chi connectivity index (χ1n) is 9.11. The first kappa shape index (κ1) is 21.5. The molecule has 9 nitrogen and oxygen atoms in total. The van der Waals surface area contributed by atoms with Crippen molar-refractivity contribution in [3.8, 4) is 11.5 Å². The van der Waals surface area contributed by atoms with E-state index in [1.807, 2.05) is 36.5 Å². The molecule has 0 aliphatic rings. The number of sulfonamides is 1. The molecule has 0 aliphatic carbocycles. The molecule has 2 aromatic heterocycles. The Morgan fingerprint density at radius 2 is 1.93 bits per heavy atom. The summed E-state index contributed by atoms with van der Waals surface area (Å²) in [6, 6.07) is 13.0. The Labute approximate surface area is 173 Å². The molecule has 0 atom stereocenters. The molecule has 0 radical (unpaired) electrons. The molecule has 0 aliphatic heterocycles. The Balaban J connectivity index is 0.00000256. The first-order valence-corrected chi connectivity index (χ1v) is 11.0. The molecule has 30 heavy (non-hydrogen) atoms. The summed E-state index contributed by atoms with van der Waals surface area (Å²) in [6.45, 7) is 0.584. The van der Waals surface area contributed by atoms with Gasteiger partial charge in [-0.2, -0.15) is 4.98 Å². The van der Waals surface area contributed by atoms with Gasteiger partial charge in [0.25, 0.3) is 5.89 Å². The maximum Gasteiger partial charge on any atom is 0.257 e. The molecule has 4 rings (SSSR count). The summed E-state index contributed by atoms with van der Waals surface area (Å²) < 4.78 is 30.5. The van der Waals surface area contributed by atoms with Crippen LogP contribution in [0.4, 0.5) is 5.69 Å². The lowest BCUT2D eigenvalue weighted by Gasteiger charge is -2.04. The van der Waals surface area contributed by atoms with E-state index < -0.39 is 10.0 Å². The highest BCUT2D eigenvalue weighted by atomic mass is 32.2. The summed E-state index contributed by atoms with van der Waals surface area (Å²) in [5.74, 6) is 1.01. The zero-order chi connectivity index (χ0) is 20.4. The number of rotatable bonds is 7. The van der Waals surface area contributed by atoms with Crippen molar-refractivity contribution >= 4 is 26.6 Å². The van der Waals surface area contributed by atoms with Crippen molar-refractivity contribution in [3.63, 3.8) is 0 Å². The number of hydrogen-bond donors (Lipinski definition) is 3. The molecular formula is C20H23N5O4S. The van der Waals surface area contributed by atoms with Crippen molar-refractivity contribution in [1.82, 2.24) is 15.1 Å². The summed E-state index contributed by atoms with van der Waals surface area (Å²) in [6.07, 6.45) is 4.37. The van der Waals surface area contributed by atoms with Crippen LogP contribution in [0.25, 0.3) is 22.4 Å². The molecule has 0 saturated carbocycles. The van der Waals surface area contributed by atoms with Gasteiger partial charge >= 0.3 is 0 Å². The number of nitrogens with zero attached hydrogens (tertiary/aromatic N) is 2. The quantitative estimate of drug-likeness (QED) is 0.407. The fourth-order valence-electron chi connectivity index (χ4n) is 3.20. The lowest BCUT2D eigenvalue weighted by molar-refractivity contribution is 0.424. The van der Waals surface area contributed by atoms with E-state index in [4.69, 9.17) is 10.3 Å². The molecule has 158 valence electrons. The van der Waals surface area contributed by atoms with E-state index in [1.54, 1.807) is 12.1 Å². The molecule has 4 aromatic rings. The van der Waals surface area contributed by atoms with E-state index >= 15 is 0 Å². The fourth-order valence-corrected chi connectivity index (χ4v) is 3.77. The number of aromatic nitrogens is 3. The topological polar surface area (TPSA) is 158 Å². The van der Waals surface area contributed by atoms with Crippen molar-refractivity contribution in [3.05, 3.63) is 65.6 Å². The Bertz CT molecular complexity index is 1250. The summed E-state index contributed by atoms with van der Waals surface area (Å²) in [5, 5.41) is 5.17. The van der Waals surface area contributed by atoms with Gasteiger partial charge in [0.1, 0.15) is 0 Å². The van der Waals surface area contributed by atoms with Gasteiger partial charge in [-0.15, -0.1) is 0 Å². The summed E-state index contributed by atoms with van der Waals surface area (Å²) in [4.78, 5) is 7.74. The predicted octanol–water partition coefficient (Wildman–Crippen LogP) is 1.86. The van der Waals surface area contributed by atoms with E-state index in [0.717, 1.165) is 40.3 Å². The van der Waals surface area contributed by atoms with Crippen LogP contribution in [0, 0.1) is 0 Å². The maximum atomic E-state index is 11.3. The van der Waals surface area contributed by atoms with Gasteiger partial charge in [-0.05, 0) is 54.4 Å². The average Bonchev–Trinajstić information content (AvgIpc) is 3.29. The van der Waals surface area contributed by atoms with Crippen LogP contribution in [0.3, 0.4) is 0 Å². The summed E-state index contributed by atoms with van der Waals surface area (Å²) in [7, 11) is -3.29. The molecule has 0 unspecified atom stereocenters. The number of hydrogen-bond acceptors (Lipinski definition) is 6. The number of benzene rings is 2. The van der Waals surface area contributed by atoms with Crippen molar-refractivity contribution < 1.29 is 18.4 Å². The van der Waals surface area contributed by atoms with Crippen molar-refractivity contribution in [2.75, 3.05) is 17.5 Å². The van der Waals surface area contributed by atoms with Gasteiger partial charge in [-0.1, -0.05) is 17.3 Å². The zero-order valence-electron chi connectivity index (χ0n) is 16.3. The van der Waals surface area contributed by atoms with E-state index in [1.165, 1.54) is 0 Å². The van der Waals surface area contributed by atoms with Gasteiger partial charge in [0.05, 0.1) is 6.26 Å². The number of H-pyrrole nitrogens is 1. The number of nitrogens with two attached hydrogens (primary N) is 1. The van der Waals surface area contributed by atoms with E-state index in [0.29, 0.717) is 30.4 Å². The molecular weight excluding hydrogens is 406 g/mol. The third-order valence-corrected chi connectivity index (χ3v) is 5.12. The van der Waals surface area contributed by atoms with Crippen molar-refractivity contribution in [2.45, 2.75) is 12.8 Å². The third kappa shape index (κ3) is 4.85. The number of nitrogens with one attached hydrogen (secondary N) is 2. The van der Waals surface area contributed by atoms with Crippen LogP contribution in [-0.2, 0) is 22.9 Å². The van der Waals surface area contributed by atoms with Gasteiger partial charge in [0.15, 0.2) is 5.82 Å². The van der Waals surface area contributed by atoms with Crippen molar-refractivity contribution in [2.24, 2.45) is 5.73 Å². The highest BCUT2D eigenvalue weighted by Gasteiger charge is 2.12. The SMILES string of the molecule is CS(=O)(=O)Nc1ccc(Cc2noc(-c3ccc4[nH]cc(CCN)c4c3)n2)cc1.O. The lowest BCUT2D eigenvalue weighted by atomic mass is 10.1. The van der Waals surface area contributed by atoms with E-state index in [-0.39, 0.29) is 5.48 Å². The number of aromatic amines is 1. The zero-order valence-corrected chi connectivity index (χ0v) is 17.2. The second kappa shape index (κ2) is 8.66. The van der Waals surface area contributed by atoms with Crippen LogP contribution in [-0.4, -0.2) is 41.8 Å². The molecule has 0 bridgehead atoms. The molecule has 0 saturated heterocycles. The fraction of sp³-hybridized carbons (Fsp3) is 0.200. The van der Waals surface area contributed by atoms with E-state index in [9.17, 15) is 8.42 Å². The van der Waals surface area contributed by atoms with Crippen LogP contribution in [0.2, 0.25) is 0 Å². The molecule has 0 spiro atoms. The average molecular weight is 430 g/mol. The predicted molar refractivity (Wildman–Crippen MR) is 116 cm³/mol. The van der Waals surface area contributed by atoms with E-state index in [2.05, 4.69) is 19.8 Å². The van der Waals surface area contributed by atoms with Gasteiger partial charge in [-0.25, -0.2) is 8.42 Å². The monoisotopic (exact) mass is 429 g/mol. The molecule has 2 aromatic carbocycles. The minimum absolute atomic E-state index is 0. The van der Waals surface area contributed by atoms with Crippen LogP contribution < -0.4 is 10.5 Å². The smallest absolute Gasteiger partial charge is 0.257 e. The minimum Gasteiger partial charge on any atom is -0.412 e. The molecule has 6 N–H and O–H groups in total. The second-order valence-electron chi connectivity index (χ2n) is 6.88. The maximum absolute atomic E-state index is 11.3.